The van der Waals surface area contributed by atoms with Gasteiger partial charge in [-0.3, -0.25) is 4.79 Å². The molecule has 2 aromatic rings. The Hall–Kier alpha value is -2.02. The van der Waals surface area contributed by atoms with Crippen molar-refractivity contribution >= 4 is 23.2 Å². The second-order valence-corrected chi connectivity index (χ2v) is 6.90. The topological polar surface area (TPSA) is 67.3 Å². The van der Waals surface area contributed by atoms with Gasteiger partial charge in [0.25, 0.3) is 5.91 Å². The summed E-state index contributed by atoms with van der Waals surface area (Å²) in [7, 11) is 1.72. The molecule has 1 amide bonds. The van der Waals surface area contributed by atoms with Gasteiger partial charge in [-0.1, -0.05) is 11.6 Å². The van der Waals surface area contributed by atoms with Gasteiger partial charge in [-0.05, 0) is 44.2 Å². The Balaban J connectivity index is 1.65. The number of benzene rings is 1. The Labute approximate surface area is 158 Å². The number of carbonyl (C=O) groups is 1. The zero-order chi connectivity index (χ0) is 18.5. The van der Waals surface area contributed by atoms with Crippen LogP contribution in [-0.4, -0.2) is 54.1 Å². The predicted octanol–water partition coefficient (Wildman–Crippen LogP) is 3.13. The minimum atomic E-state index is -0.218. The van der Waals surface area contributed by atoms with Gasteiger partial charge in [0.05, 0.1) is 17.9 Å². The van der Waals surface area contributed by atoms with Crippen LogP contribution in [0.1, 0.15) is 34.2 Å². The molecule has 0 spiro atoms. The van der Waals surface area contributed by atoms with Crippen LogP contribution in [0.2, 0.25) is 5.02 Å². The van der Waals surface area contributed by atoms with Crippen molar-refractivity contribution in [2.45, 2.75) is 19.3 Å². The molecule has 1 N–H and O–H groups in total. The van der Waals surface area contributed by atoms with Crippen LogP contribution in [0.4, 0.5) is 5.69 Å². The van der Waals surface area contributed by atoms with E-state index in [-0.39, 0.29) is 5.91 Å². The lowest BCUT2D eigenvalue weighted by Gasteiger charge is -2.15. The number of aryl methyl sites for hydroxylation is 1. The second kappa shape index (κ2) is 8.58. The molecular weight excluding hydrogens is 352 g/mol. The normalized spacial score (nSPS) is 17.4. The van der Waals surface area contributed by atoms with E-state index >= 15 is 0 Å². The molecule has 1 fully saturated rings. The molecule has 1 aromatic heterocycles. The van der Waals surface area contributed by atoms with Crippen LogP contribution in [0.3, 0.4) is 0 Å². The molecule has 1 aliphatic heterocycles. The average molecular weight is 375 g/mol. The van der Waals surface area contributed by atoms with E-state index < -0.39 is 0 Å². The fourth-order valence-electron chi connectivity index (χ4n) is 3.10. The van der Waals surface area contributed by atoms with E-state index in [0.717, 1.165) is 38.5 Å². The lowest BCUT2D eigenvalue weighted by molar-refractivity contribution is 0.102. The summed E-state index contributed by atoms with van der Waals surface area (Å²) in [6.07, 6.45) is 2.65. The smallest absolute Gasteiger partial charge is 0.259 e. The Morgan fingerprint density at radius 1 is 1.38 bits per heavy atom. The van der Waals surface area contributed by atoms with Crippen LogP contribution in [0.25, 0.3) is 0 Å². The van der Waals surface area contributed by atoms with Gasteiger partial charge in [0, 0.05) is 43.0 Å². The maximum absolute atomic E-state index is 12.5. The predicted molar refractivity (Wildman–Crippen MR) is 102 cm³/mol. The largest absolute Gasteiger partial charge is 0.383 e. The highest BCUT2D eigenvalue weighted by Gasteiger charge is 2.26. The molecule has 0 bridgehead atoms. The Morgan fingerprint density at radius 3 is 2.85 bits per heavy atom. The summed E-state index contributed by atoms with van der Waals surface area (Å²) in [5.41, 5.74) is 1.86. The van der Waals surface area contributed by atoms with Crippen molar-refractivity contribution in [3.8, 4) is 0 Å². The van der Waals surface area contributed by atoms with Crippen molar-refractivity contribution < 1.29 is 9.53 Å². The van der Waals surface area contributed by atoms with E-state index in [4.69, 9.17) is 16.3 Å². The third kappa shape index (κ3) is 4.58. The SMILES string of the molecule is COCCN1CC[C@@H](c2ncc(C(=O)Nc3ccc(Cl)cc3)c(C)n2)C1. The lowest BCUT2D eigenvalue weighted by Crippen LogP contribution is -2.25. The summed E-state index contributed by atoms with van der Waals surface area (Å²) in [4.78, 5) is 23.9. The molecule has 26 heavy (non-hydrogen) atoms. The van der Waals surface area contributed by atoms with Crippen LogP contribution in [0.15, 0.2) is 30.5 Å². The van der Waals surface area contributed by atoms with Crippen LogP contribution in [-0.2, 0) is 4.74 Å². The van der Waals surface area contributed by atoms with Crippen molar-refractivity contribution in [1.82, 2.24) is 14.9 Å². The van der Waals surface area contributed by atoms with E-state index in [1.807, 2.05) is 6.92 Å². The van der Waals surface area contributed by atoms with Gasteiger partial charge in [0.2, 0.25) is 0 Å². The number of methoxy groups -OCH3 is 1. The van der Waals surface area contributed by atoms with Gasteiger partial charge in [0.15, 0.2) is 0 Å². The van der Waals surface area contributed by atoms with E-state index in [1.165, 1.54) is 0 Å². The molecule has 3 rings (SSSR count). The Kier molecular flexibility index (Phi) is 6.19. The first-order valence-electron chi connectivity index (χ1n) is 8.68. The molecule has 6 nitrogen and oxygen atoms in total. The number of nitrogens with one attached hydrogen (secondary N) is 1. The third-order valence-corrected chi connectivity index (χ3v) is 4.85. The standard InChI is InChI=1S/C19H23ClN4O2/c1-13-17(19(25)23-16-5-3-15(20)4-6-16)11-21-18(22-13)14-7-8-24(12-14)9-10-26-2/h3-6,11,14H,7-10,12H2,1-2H3,(H,23,25)/t14-/m1/s1. The number of anilines is 1. The fraction of sp³-hybridized carbons (Fsp3) is 0.421. The highest BCUT2D eigenvalue weighted by atomic mass is 35.5. The highest BCUT2D eigenvalue weighted by molar-refractivity contribution is 6.30. The molecule has 0 unspecified atom stereocenters. The summed E-state index contributed by atoms with van der Waals surface area (Å²) in [6, 6.07) is 6.99. The highest BCUT2D eigenvalue weighted by Crippen LogP contribution is 2.25. The van der Waals surface area contributed by atoms with E-state index in [1.54, 1.807) is 37.6 Å². The molecular formula is C19H23ClN4O2. The third-order valence-electron chi connectivity index (χ3n) is 4.59. The number of ether oxygens (including phenoxy) is 1. The monoisotopic (exact) mass is 374 g/mol. The zero-order valence-electron chi connectivity index (χ0n) is 15.0. The number of likely N-dealkylation sites (tertiary alicyclic amines) is 1. The van der Waals surface area contributed by atoms with Gasteiger partial charge >= 0.3 is 0 Å². The van der Waals surface area contributed by atoms with E-state index in [2.05, 4.69) is 20.2 Å². The Morgan fingerprint density at radius 2 is 2.15 bits per heavy atom. The van der Waals surface area contributed by atoms with Crippen LogP contribution >= 0.6 is 11.6 Å². The number of hydrogen-bond acceptors (Lipinski definition) is 5. The molecule has 1 saturated heterocycles. The van der Waals surface area contributed by atoms with Crippen molar-refractivity contribution in [2.24, 2.45) is 0 Å². The minimum absolute atomic E-state index is 0.218. The first kappa shape index (κ1) is 18.8. The van der Waals surface area contributed by atoms with Crippen LogP contribution in [0.5, 0.6) is 0 Å². The second-order valence-electron chi connectivity index (χ2n) is 6.47. The summed E-state index contributed by atoms with van der Waals surface area (Å²) < 4.78 is 5.14. The summed E-state index contributed by atoms with van der Waals surface area (Å²) in [5.74, 6) is 0.897. The maximum Gasteiger partial charge on any atom is 0.259 e. The van der Waals surface area contributed by atoms with Crippen molar-refractivity contribution in [1.29, 1.82) is 0 Å². The quantitative estimate of drug-likeness (QED) is 0.841. The lowest BCUT2D eigenvalue weighted by atomic mass is 10.1. The number of amides is 1. The van der Waals surface area contributed by atoms with Gasteiger partial charge < -0.3 is 15.0 Å². The Bertz CT molecular complexity index is 767. The summed E-state index contributed by atoms with van der Waals surface area (Å²) in [6.45, 7) is 5.46. The number of hydrogen-bond donors (Lipinski definition) is 1. The van der Waals surface area contributed by atoms with Gasteiger partial charge in [-0.2, -0.15) is 0 Å². The molecule has 138 valence electrons. The molecule has 1 aromatic carbocycles. The molecule has 7 heteroatoms. The van der Waals surface area contributed by atoms with Gasteiger partial charge in [-0.25, -0.2) is 9.97 Å². The average Bonchev–Trinajstić information content (AvgIpc) is 3.10. The summed E-state index contributed by atoms with van der Waals surface area (Å²) >= 11 is 5.87. The molecule has 2 heterocycles. The van der Waals surface area contributed by atoms with Gasteiger partial charge in [-0.15, -0.1) is 0 Å². The van der Waals surface area contributed by atoms with Crippen molar-refractivity contribution in [3.05, 3.63) is 52.6 Å². The number of nitrogens with zero attached hydrogens (tertiary/aromatic N) is 3. The zero-order valence-corrected chi connectivity index (χ0v) is 15.8. The first-order chi connectivity index (χ1) is 12.6. The number of halogens is 1. The minimum Gasteiger partial charge on any atom is -0.383 e. The van der Waals surface area contributed by atoms with Crippen LogP contribution < -0.4 is 5.32 Å². The van der Waals surface area contributed by atoms with Crippen molar-refractivity contribution in [2.75, 3.05) is 38.7 Å². The summed E-state index contributed by atoms with van der Waals surface area (Å²) in [5, 5.41) is 3.47. The fourth-order valence-corrected chi connectivity index (χ4v) is 3.23. The van der Waals surface area contributed by atoms with Gasteiger partial charge in [0.1, 0.15) is 5.82 Å². The molecule has 0 aliphatic carbocycles. The number of aromatic nitrogens is 2. The maximum atomic E-state index is 12.5. The van der Waals surface area contributed by atoms with E-state index in [9.17, 15) is 4.79 Å². The molecule has 1 atom stereocenters. The molecule has 1 aliphatic rings. The number of rotatable bonds is 6. The van der Waals surface area contributed by atoms with Crippen molar-refractivity contribution in [3.63, 3.8) is 0 Å². The first-order valence-corrected chi connectivity index (χ1v) is 9.06. The van der Waals surface area contributed by atoms with E-state index in [0.29, 0.717) is 27.9 Å². The molecule has 0 radical (unpaired) electrons. The van der Waals surface area contributed by atoms with Crippen LogP contribution in [0, 0.1) is 6.92 Å². The number of carbonyl (C=O) groups excluding carboxylic acids is 1. The molecule has 0 saturated carbocycles.